The molecule has 5 fully saturated rings. The second-order valence-corrected chi connectivity index (χ2v) is 22.0. The molecule has 0 amide bonds. The minimum atomic E-state index is -1.15. The van der Waals surface area contributed by atoms with E-state index >= 15 is 0 Å². The highest BCUT2D eigenvalue weighted by atomic mass is 16.4. The Morgan fingerprint density at radius 2 is 0.545 bits per heavy atom. The number of hydrogen-bond acceptors (Lipinski definition) is 10. The van der Waals surface area contributed by atoms with Crippen molar-refractivity contribution in [3.63, 3.8) is 0 Å². The lowest BCUT2D eigenvalue weighted by Crippen LogP contribution is -3.25. The van der Waals surface area contributed by atoms with E-state index in [0.29, 0.717) is 51.4 Å². The van der Waals surface area contributed by atoms with E-state index in [1.165, 1.54) is 26.2 Å². The SMILES string of the molecule is CC1(C)[C@@H](C(=O)O)CC[C@@]1(C)C(=O)O.CC1(C)[C@@H](C(=O)O)CC[C@@]1(C)C(=O)O.CC1(C)[C@@H](C(=O)O)CC[C@@]1(C)C(=O)[O-].CC1(C)[C@@H](C(=O)O)CC[C@@]1(C)C(=O)[O-].C[NH+]1CC[NH+](C)CC1.O.O. The lowest BCUT2D eigenvalue weighted by Gasteiger charge is -2.41. The van der Waals surface area contributed by atoms with Gasteiger partial charge in [-0.1, -0.05) is 69.2 Å². The summed E-state index contributed by atoms with van der Waals surface area (Å²) in [6, 6.07) is 0. The zero-order chi connectivity index (χ0) is 50.6. The van der Waals surface area contributed by atoms with Crippen molar-refractivity contribution in [3.8, 4) is 0 Å². The zero-order valence-electron chi connectivity index (χ0n) is 41.6. The van der Waals surface area contributed by atoms with Crippen LogP contribution in [0.3, 0.4) is 0 Å². The van der Waals surface area contributed by atoms with E-state index in [0.717, 1.165) is 0 Å². The fourth-order valence-corrected chi connectivity index (χ4v) is 10.3. The number of rotatable bonds is 8. The van der Waals surface area contributed by atoms with E-state index in [-0.39, 0.29) is 11.0 Å². The van der Waals surface area contributed by atoms with Crippen molar-refractivity contribution in [1.29, 1.82) is 0 Å². The molecule has 20 heteroatoms. The van der Waals surface area contributed by atoms with Gasteiger partial charge in [-0.3, -0.25) is 28.8 Å². The van der Waals surface area contributed by atoms with E-state index < -0.39 is 115 Å². The number of nitrogens with one attached hydrogen (secondary N) is 2. The smallest absolute Gasteiger partial charge is 0.309 e. The van der Waals surface area contributed by atoms with Crippen LogP contribution in [0.2, 0.25) is 0 Å². The molecular formula is C46H82N2O18. The summed E-state index contributed by atoms with van der Waals surface area (Å²) in [5.74, 6) is -9.99. The summed E-state index contributed by atoms with van der Waals surface area (Å²) in [5.41, 5.74) is -6.79. The second kappa shape index (κ2) is 22.6. The van der Waals surface area contributed by atoms with E-state index in [2.05, 4.69) is 14.1 Å². The van der Waals surface area contributed by atoms with Crippen molar-refractivity contribution < 1.29 is 100.0 Å². The molecule has 0 unspecified atom stereocenters. The number of hydrogen-bond donors (Lipinski definition) is 8. The normalized spacial score (nSPS) is 34.9. The van der Waals surface area contributed by atoms with Gasteiger partial charge in [0, 0.05) is 22.8 Å². The highest BCUT2D eigenvalue weighted by Crippen LogP contribution is 2.58. The lowest BCUT2D eigenvalue weighted by molar-refractivity contribution is -0.994. The van der Waals surface area contributed by atoms with E-state index in [9.17, 15) is 48.6 Å². The Kier molecular flexibility index (Phi) is 21.8. The molecule has 12 N–H and O–H groups in total. The molecule has 5 aliphatic rings. The average Bonchev–Trinajstić information content (AvgIpc) is 3.76. The Hall–Kier alpha value is -4.40. The van der Waals surface area contributed by atoms with Crippen LogP contribution in [0.15, 0.2) is 0 Å². The van der Waals surface area contributed by atoms with Crippen LogP contribution < -0.4 is 20.0 Å². The molecule has 0 aromatic heterocycles. The molecule has 0 radical (unpaired) electrons. The van der Waals surface area contributed by atoms with E-state index in [1.54, 1.807) is 92.9 Å². The number of piperazine rings is 1. The standard InChI is InChI=1S/4C10H16O4.C6H14N2.2H2O/c4*1-9(2)6(7(11)12)4-5-10(9,3)8(13)14;1-7-3-5-8(2)6-4-7;;/h4*6H,4-5H2,1-3H3,(H,11,12)(H,13,14);3-6H2,1-2H3;2*1H2/t4*6-,10+;;;/m1111.../s1. The first kappa shape index (κ1) is 63.7. The number of quaternary nitrogens is 2. The molecule has 1 heterocycles. The maximum absolute atomic E-state index is 11.1. The maximum Gasteiger partial charge on any atom is 0.309 e. The summed E-state index contributed by atoms with van der Waals surface area (Å²) >= 11 is 0. The number of carbonyl (C=O) groups is 8. The molecule has 5 rings (SSSR count). The van der Waals surface area contributed by atoms with Crippen LogP contribution in [0.25, 0.3) is 0 Å². The molecule has 4 aliphatic carbocycles. The Bertz CT molecular complexity index is 1530. The molecule has 384 valence electrons. The number of likely N-dealkylation sites (N-methyl/N-ethyl adjacent to an activating group) is 2. The second-order valence-electron chi connectivity index (χ2n) is 22.0. The van der Waals surface area contributed by atoms with E-state index in [4.69, 9.17) is 30.6 Å². The molecule has 20 nitrogen and oxygen atoms in total. The Morgan fingerprint density at radius 3 is 0.652 bits per heavy atom. The summed E-state index contributed by atoms with van der Waals surface area (Å²) in [5, 5.41) is 76.1. The van der Waals surface area contributed by atoms with Crippen molar-refractivity contribution in [2.45, 2.75) is 134 Å². The first-order valence-electron chi connectivity index (χ1n) is 22.2. The predicted molar refractivity (Wildman–Crippen MR) is 235 cm³/mol. The summed E-state index contributed by atoms with van der Waals surface area (Å²) in [7, 11) is 4.54. The first-order chi connectivity index (χ1) is 28.7. The molecule has 0 aromatic carbocycles. The van der Waals surface area contributed by atoms with Gasteiger partial charge >= 0.3 is 35.8 Å². The lowest BCUT2D eigenvalue weighted by atomic mass is 9.66. The monoisotopic (exact) mass is 951 g/mol. The van der Waals surface area contributed by atoms with Crippen molar-refractivity contribution in [2.24, 2.45) is 67.0 Å². The third kappa shape index (κ3) is 12.2. The molecule has 0 spiro atoms. The summed E-state index contributed by atoms with van der Waals surface area (Å²) in [6.45, 7) is 25.5. The third-order valence-corrected chi connectivity index (χ3v) is 17.9. The van der Waals surface area contributed by atoms with Gasteiger partial charge in [0.25, 0.3) is 0 Å². The quantitative estimate of drug-likeness (QED) is 0.146. The zero-order valence-corrected chi connectivity index (χ0v) is 41.6. The van der Waals surface area contributed by atoms with Gasteiger partial charge in [0.15, 0.2) is 0 Å². The number of carboxylic acids is 8. The number of carbonyl (C=O) groups excluding carboxylic acids is 2. The van der Waals surface area contributed by atoms with Crippen molar-refractivity contribution >= 4 is 47.8 Å². The maximum atomic E-state index is 11.1. The van der Waals surface area contributed by atoms with Gasteiger partial charge < -0.3 is 71.2 Å². The van der Waals surface area contributed by atoms with Gasteiger partial charge in [-0.25, -0.2) is 0 Å². The predicted octanol–water partition coefficient (Wildman–Crippen LogP) is -0.897. The van der Waals surface area contributed by atoms with Crippen LogP contribution in [0.5, 0.6) is 0 Å². The van der Waals surface area contributed by atoms with Crippen LogP contribution >= 0.6 is 0 Å². The summed E-state index contributed by atoms with van der Waals surface area (Å²) in [6.07, 6.45) is 3.34. The third-order valence-electron chi connectivity index (χ3n) is 17.9. The molecule has 1 aliphatic heterocycles. The minimum absolute atomic E-state index is 0. The van der Waals surface area contributed by atoms with Crippen molar-refractivity contribution in [1.82, 2.24) is 0 Å². The van der Waals surface area contributed by atoms with Crippen molar-refractivity contribution in [2.75, 3.05) is 40.3 Å². The minimum Gasteiger partial charge on any atom is -0.550 e. The van der Waals surface area contributed by atoms with Gasteiger partial charge in [-0.05, 0) is 86.9 Å². The molecule has 0 bridgehead atoms. The Morgan fingerprint density at radius 1 is 0.379 bits per heavy atom. The van der Waals surface area contributed by atoms with Crippen LogP contribution in [-0.2, 0) is 38.4 Å². The van der Waals surface area contributed by atoms with E-state index in [1.807, 2.05) is 0 Å². The van der Waals surface area contributed by atoms with Crippen LogP contribution in [0.4, 0.5) is 0 Å². The average molecular weight is 951 g/mol. The van der Waals surface area contributed by atoms with Gasteiger partial charge in [0.05, 0.1) is 48.6 Å². The molecule has 1 saturated heterocycles. The highest BCUT2D eigenvalue weighted by molar-refractivity contribution is 5.82. The summed E-state index contributed by atoms with van der Waals surface area (Å²) in [4.78, 5) is 91.3. The number of aliphatic carboxylic acids is 8. The molecule has 8 atom stereocenters. The molecule has 66 heavy (non-hydrogen) atoms. The fourth-order valence-electron chi connectivity index (χ4n) is 10.3. The summed E-state index contributed by atoms with van der Waals surface area (Å²) < 4.78 is 0. The molecule has 0 aromatic rings. The Labute approximate surface area is 388 Å². The van der Waals surface area contributed by atoms with Crippen LogP contribution in [-0.4, -0.2) is 130 Å². The largest absolute Gasteiger partial charge is 0.550 e. The van der Waals surface area contributed by atoms with Crippen LogP contribution in [0, 0.1) is 67.0 Å². The van der Waals surface area contributed by atoms with Gasteiger partial charge in [0.2, 0.25) is 0 Å². The number of carboxylic acid groups (broad SMARTS) is 8. The topological polar surface area (TPSA) is 376 Å². The van der Waals surface area contributed by atoms with Crippen molar-refractivity contribution in [3.05, 3.63) is 0 Å². The van der Waals surface area contributed by atoms with Gasteiger partial charge in [-0.2, -0.15) is 0 Å². The van der Waals surface area contributed by atoms with Crippen LogP contribution in [0.1, 0.15) is 134 Å². The molecular weight excluding hydrogens is 869 g/mol. The first-order valence-corrected chi connectivity index (χ1v) is 22.2. The Balaban J connectivity index is 0. The highest BCUT2D eigenvalue weighted by Gasteiger charge is 2.60. The van der Waals surface area contributed by atoms with Gasteiger partial charge in [0.1, 0.15) is 26.2 Å². The fraction of sp³-hybridized carbons (Fsp3) is 0.826. The molecule has 4 saturated carbocycles. The van der Waals surface area contributed by atoms with Gasteiger partial charge in [-0.15, -0.1) is 0 Å².